The topological polar surface area (TPSA) is 64.7 Å². The monoisotopic (exact) mass is 256 g/mol. The van der Waals surface area contributed by atoms with Crippen LogP contribution < -0.4 is 5.73 Å². The van der Waals surface area contributed by atoms with Gasteiger partial charge >= 0.3 is 0 Å². The number of rotatable bonds is 3. The number of hydrogen-bond donors (Lipinski definition) is 1. The second-order valence-electron chi connectivity index (χ2n) is 2.57. The number of nitrogen functional groups attached to an aromatic ring is 1. The Kier molecular flexibility index (Phi) is 3.45. The first kappa shape index (κ1) is 10.7. The smallest absolute Gasteiger partial charge is 0.181 e. The van der Waals surface area contributed by atoms with Crippen LogP contribution in [0, 0.1) is 0 Å². The Hall–Kier alpha value is -0.790. The average Bonchev–Trinajstić information content (AvgIpc) is 2.69. The van der Waals surface area contributed by atoms with E-state index >= 15 is 0 Å². The van der Waals surface area contributed by atoms with E-state index in [-0.39, 0.29) is 0 Å². The Morgan fingerprint density at radius 3 is 2.67 bits per heavy atom. The van der Waals surface area contributed by atoms with Crippen molar-refractivity contribution in [2.24, 2.45) is 0 Å². The summed E-state index contributed by atoms with van der Waals surface area (Å²) in [6, 6.07) is 3.70. The van der Waals surface area contributed by atoms with Gasteiger partial charge in [0.2, 0.25) is 0 Å². The first-order valence-electron chi connectivity index (χ1n) is 4.05. The number of anilines is 1. The van der Waals surface area contributed by atoms with Crippen LogP contribution in [0.3, 0.4) is 0 Å². The van der Waals surface area contributed by atoms with Crippen LogP contribution in [0.15, 0.2) is 32.0 Å². The highest BCUT2D eigenvalue weighted by Crippen LogP contribution is 2.31. The fourth-order valence-corrected chi connectivity index (χ4v) is 3.19. The molecule has 0 aliphatic rings. The predicted octanol–water partition coefficient (Wildman–Crippen LogP) is 2.39. The summed E-state index contributed by atoms with van der Waals surface area (Å²) in [7, 11) is 0. The zero-order chi connectivity index (χ0) is 10.7. The lowest BCUT2D eigenvalue weighted by Crippen LogP contribution is -1.86. The van der Waals surface area contributed by atoms with Gasteiger partial charge in [-0.1, -0.05) is 23.1 Å². The van der Waals surface area contributed by atoms with Gasteiger partial charge in [-0.15, -0.1) is 10.2 Å². The molecule has 0 atom stereocenters. The second kappa shape index (κ2) is 4.82. The van der Waals surface area contributed by atoms with Crippen LogP contribution in [0.25, 0.3) is 0 Å². The summed E-state index contributed by atoms with van der Waals surface area (Å²) >= 11 is 4.66. The minimum Gasteiger partial charge on any atom is -0.397 e. The van der Waals surface area contributed by atoms with Crippen LogP contribution >= 0.6 is 34.9 Å². The number of hydrogen-bond acceptors (Lipinski definition) is 7. The van der Waals surface area contributed by atoms with Crippen LogP contribution in [0.2, 0.25) is 0 Å². The molecule has 0 bridgehead atoms. The largest absolute Gasteiger partial charge is 0.397 e. The van der Waals surface area contributed by atoms with E-state index in [1.165, 1.54) is 11.8 Å². The Balaban J connectivity index is 2.11. The molecule has 2 aromatic heterocycles. The summed E-state index contributed by atoms with van der Waals surface area (Å²) in [5.41, 5.74) is 6.21. The van der Waals surface area contributed by atoms with Gasteiger partial charge in [0.05, 0.1) is 11.9 Å². The Labute approximate surface area is 99.7 Å². The van der Waals surface area contributed by atoms with E-state index in [4.69, 9.17) is 5.73 Å². The zero-order valence-electron chi connectivity index (χ0n) is 7.88. The molecule has 2 aromatic rings. The van der Waals surface area contributed by atoms with Gasteiger partial charge in [0.25, 0.3) is 0 Å². The summed E-state index contributed by atoms with van der Waals surface area (Å²) in [6.45, 7) is 0. The SMILES string of the molecule is CSc1nnc(Sc2ccc(N)cn2)s1. The van der Waals surface area contributed by atoms with Gasteiger partial charge in [-0.05, 0) is 30.2 Å². The molecule has 0 aromatic carbocycles. The third kappa shape index (κ3) is 2.83. The lowest BCUT2D eigenvalue weighted by Gasteiger charge is -1.95. The summed E-state index contributed by atoms with van der Waals surface area (Å²) in [5.74, 6) is 0. The molecule has 0 spiro atoms. The van der Waals surface area contributed by atoms with Crippen LogP contribution in [0.1, 0.15) is 0 Å². The van der Waals surface area contributed by atoms with Gasteiger partial charge in [0, 0.05) is 0 Å². The highest BCUT2D eigenvalue weighted by Gasteiger charge is 2.05. The fraction of sp³-hybridized carbons (Fsp3) is 0.125. The number of nitrogens with zero attached hydrogens (tertiary/aromatic N) is 3. The highest BCUT2D eigenvalue weighted by atomic mass is 32.2. The van der Waals surface area contributed by atoms with E-state index in [1.807, 2.05) is 18.4 Å². The molecule has 0 fully saturated rings. The van der Waals surface area contributed by atoms with Crippen molar-refractivity contribution in [3.63, 3.8) is 0 Å². The number of pyridine rings is 1. The molecule has 4 nitrogen and oxygen atoms in total. The molecule has 2 rings (SSSR count). The van der Waals surface area contributed by atoms with Crippen LogP contribution in [-0.2, 0) is 0 Å². The Morgan fingerprint density at radius 2 is 2.07 bits per heavy atom. The maximum atomic E-state index is 5.55. The number of nitrogens with two attached hydrogens (primary N) is 1. The fourth-order valence-electron chi connectivity index (χ4n) is 0.862. The standard InChI is InChI=1S/C8H8N4S3/c1-13-7-11-12-8(15-7)14-6-3-2-5(9)4-10-6/h2-4H,9H2,1H3. The molecular weight excluding hydrogens is 248 g/mol. The predicted molar refractivity (Wildman–Crippen MR) is 64.5 cm³/mol. The summed E-state index contributed by atoms with van der Waals surface area (Å²) in [4.78, 5) is 4.18. The lowest BCUT2D eigenvalue weighted by atomic mass is 10.4. The molecule has 2 heterocycles. The minimum atomic E-state index is 0.668. The molecule has 0 saturated carbocycles. The lowest BCUT2D eigenvalue weighted by molar-refractivity contribution is 0.953. The van der Waals surface area contributed by atoms with Gasteiger partial charge < -0.3 is 5.73 Å². The minimum absolute atomic E-state index is 0.668. The Bertz CT molecular complexity index is 439. The van der Waals surface area contributed by atoms with Gasteiger partial charge in [-0.2, -0.15) is 0 Å². The van der Waals surface area contributed by atoms with Crippen LogP contribution in [0.4, 0.5) is 5.69 Å². The quantitative estimate of drug-likeness (QED) is 0.851. The Morgan fingerprint density at radius 1 is 1.27 bits per heavy atom. The van der Waals surface area contributed by atoms with Crippen molar-refractivity contribution >= 4 is 40.5 Å². The van der Waals surface area contributed by atoms with Crippen molar-refractivity contribution in [2.45, 2.75) is 13.7 Å². The molecule has 15 heavy (non-hydrogen) atoms. The number of thioether (sulfide) groups is 1. The number of aromatic nitrogens is 3. The summed E-state index contributed by atoms with van der Waals surface area (Å²) in [6.07, 6.45) is 3.62. The molecule has 7 heteroatoms. The van der Waals surface area contributed by atoms with Crippen LogP contribution in [0.5, 0.6) is 0 Å². The van der Waals surface area contributed by atoms with Gasteiger partial charge in [0.15, 0.2) is 8.68 Å². The van der Waals surface area contributed by atoms with E-state index < -0.39 is 0 Å². The maximum Gasteiger partial charge on any atom is 0.181 e. The molecule has 0 unspecified atom stereocenters. The average molecular weight is 256 g/mol. The van der Waals surface area contributed by atoms with Crippen molar-refractivity contribution in [2.75, 3.05) is 12.0 Å². The third-order valence-corrected chi connectivity index (χ3v) is 4.41. The molecule has 2 N–H and O–H groups in total. The second-order valence-corrected chi connectivity index (χ2v) is 5.87. The first-order chi connectivity index (χ1) is 7.28. The van der Waals surface area contributed by atoms with Crippen molar-refractivity contribution in [3.05, 3.63) is 18.3 Å². The molecule has 0 aliphatic heterocycles. The van der Waals surface area contributed by atoms with E-state index in [9.17, 15) is 0 Å². The van der Waals surface area contributed by atoms with E-state index in [1.54, 1.807) is 29.3 Å². The van der Waals surface area contributed by atoms with Crippen LogP contribution in [-0.4, -0.2) is 21.4 Å². The molecule has 78 valence electrons. The van der Waals surface area contributed by atoms with Crippen molar-refractivity contribution in [3.8, 4) is 0 Å². The van der Waals surface area contributed by atoms with Crippen molar-refractivity contribution in [1.29, 1.82) is 0 Å². The zero-order valence-corrected chi connectivity index (χ0v) is 10.3. The molecule has 0 saturated heterocycles. The van der Waals surface area contributed by atoms with Gasteiger partial charge in [-0.3, -0.25) is 0 Å². The summed E-state index contributed by atoms with van der Waals surface area (Å²) < 4.78 is 1.87. The third-order valence-electron chi connectivity index (χ3n) is 1.51. The molecular formula is C8H8N4S3. The van der Waals surface area contributed by atoms with E-state index in [0.29, 0.717) is 5.69 Å². The van der Waals surface area contributed by atoms with Gasteiger partial charge in [0.1, 0.15) is 5.03 Å². The molecule has 0 aliphatic carbocycles. The van der Waals surface area contributed by atoms with Gasteiger partial charge in [-0.25, -0.2) is 4.98 Å². The highest BCUT2D eigenvalue weighted by molar-refractivity contribution is 8.02. The van der Waals surface area contributed by atoms with E-state index in [2.05, 4.69) is 15.2 Å². The summed E-state index contributed by atoms with van der Waals surface area (Å²) in [5, 5.41) is 8.93. The molecule has 0 amide bonds. The maximum absolute atomic E-state index is 5.55. The van der Waals surface area contributed by atoms with Crippen molar-refractivity contribution < 1.29 is 0 Å². The molecule has 0 radical (unpaired) electrons. The van der Waals surface area contributed by atoms with E-state index in [0.717, 1.165) is 13.7 Å². The normalized spacial score (nSPS) is 10.5. The van der Waals surface area contributed by atoms with Crippen molar-refractivity contribution in [1.82, 2.24) is 15.2 Å². The first-order valence-corrected chi connectivity index (χ1v) is 6.90.